The number of rotatable bonds is 3. The highest BCUT2D eigenvalue weighted by Gasteiger charge is 2.26. The molecule has 0 fully saturated rings. The van der Waals surface area contributed by atoms with Gasteiger partial charge in [-0.3, -0.25) is 0 Å². The van der Waals surface area contributed by atoms with Gasteiger partial charge in [0.25, 0.3) is 0 Å². The average molecular weight is 699 g/mol. The van der Waals surface area contributed by atoms with Crippen molar-refractivity contribution >= 4 is 76.3 Å². The summed E-state index contributed by atoms with van der Waals surface area (Å²) in [5.74, 6) is 0. The van der Waals surface area contributed by atoms with Crippen molar-refractivity contribution in [2.75, 3.05) is 0 Å². The van der Waals surface area contributed by atoms with E-state index in [0.717, 1.165) is 33.3 Å². The number of para-hydroxylation sites is 3. The molecule has 0 saturated heterocycles. The van der Waals surface area contributed by atoms with Crippen LogP contribution < -0.4 is 0 Å². The van der Waals surface area contributed by atoms with Crippen LogP contribution >= 0.6 is 0 Å². The van der Waals surface area contributed by atoms with Crippen LogP contribution in [0.3, 0.4) is 0 Å². The van der Waals surface area contributed by atoms with E-state index >= 15 is 0 Å². The number of nitrogens with zero attached hydrogens (tertiary/aromatic N) is 2. The number of benzene rings is 9. The molecule has 0 saturated carbocycles. The fourth-order valence-corrected chi connectivity index (χ4v) is 9.70. The molecule has 0 atom stereocenters. The van der Waals surface area contributed by atoms with E-state index in [1.807, 2.05) is 12.1 Å². The lowest BCUT2D eigenvalue weighted by Gasteiger charge is -2.11. The van der Waals surface area contributed by atoms with Gasteiger partial charge in [-0.2, -0.15) is 0 Å². The summed E-state index contributed by atoms with van der Waals surface area (Å²) in [6, 6.07) is 66.6. The summed E-state index contributed by atoms with van der Waals surface area (Å²) in [5, 5.41) is 9.93. The highest BCUT2D eigenvalue weighted by molar-refractivity contribution is 6.29. The van der Waals surface area contributed by atoms with Crippen LogP contribution in [0, 0.1) is 0 Å². The lowest BCUT2D eigenvalue weighted by atomic mass is 9.96. The van der Waals surface area contributed by atoms with E-state index in [1.54, 1.807) is 0 Å². The molecular formula is C52H30N2O. The van der Waals surface area contributed by atoms with Gasteiger partial charge in [0.2, 0.25) is 0 Å². The molecule has 0 bridgehead atoms. The Bertz CT molecular complexity index is 3600. The average Bonchev–Trinajstić information content (AvgIpc) is 3.98. The smallest absolute Gasteiger partial charge is 0.135 e. The van der Waals surface area contributed by atoms with E-state index in [4.69, 9.17) is 4.42 Å². The summed E-state index contributed by atoms with van der Waals surface area (Å²) in [6.07, 6.45) is 0. The second-order valence-electron chi connectivity index (χ2n) is 14.9. The third-order valence-electron chi connectivity index (χ3n) is 12.0. The molecule has 0 aliphatic heterocycles. The van der Waals surface area contributed by atoms with Gasteiger partial charge in [0, 0.05) is 43.7 Å². The van der Waals surface area contributed by atoms with Crippen LogP contribution in [0.5, 0.6) is 0 Å². The summed E-state index contributed by atoms with van der Waals surface area (Å²) >= 11 is 0. The van der Waals surface area contributed by atoms with Crippen molar-refractivity contribution in [1.82, 2.24) is 9.13 Å². The summed E-state index contributed by atoms with van der Waals surface area (Å²) < 4.78 is 11.1. The van der Waals surface area contributed by atoms with Crippen LogP contribution in [0.2, 0.25) is 0 Å². The van der Waals surface area contributed by atoms with E-state index in [9.17, 15) is 0 Å². The van der Waals surface area contributed by atoms with Gasteiger partial charge in [0.05, 0.1) is 22.1 Å². The van der Waals surface area contributed by atoms with Gasteiger partial charge < -0.3 is 13.6 Å². The summed E-state index contributed by atoms with van der Waals surface area (Å²) in [4.78, 5) is 0. The van der Waals surface area contributed by atoms with Crippen LogP contribution in [-0.2, 0) is 0 Å². The van der Waals surface area contributed by atoms with Crippen molar-refractivity contribution in [3.8, 4) is 44.8 Å². The first kappa shape index (κ1) is 29.1. The molecule has 0 radical (unpaired) electrons. The zero-order valence-corrected chi connectivity index (χ0v) is 29.6. The second kappa shape index (κ2) is 10.6. The molecule has 254 valence electrons. The lowest BCUT2D eigenvalue weighted by Crippen LogP contribution is -1.96. The van der Waals surface area contributed by atoms with Crippen LogP contribution in [0.15, 0.2) is 186 Å². The molecule has 3 heterocycles. The Morgan fingerprint density at radius 1 is 0.291 bits per heavy atom. The molecule has 12 aromatic rings. The maximum atomic E-state index is 6.21. The van der Waals surface area contributed by atoms with Gasteiger partial charge in [0.15, 0.2) is 0 Å². The molecule has 1 aliphatic rings. The standard InChI is InChI=1S/C52H30N2O/c1-2-11-33(12-3-1)53-45-19-8-6-15-37(45)41-29-34(23-25-46(41)53)54-47-24-21-31(32-22-26-50-42(27-32)38-16-7-9-20-49(38)55-50)28-44(47)52-40-18-10-17-39-35-13-4-5-14-36(35)43(51(39)40)30-48(52)54/h1-30H. The van der Waals surface area contributed by atoms with Gasteiger partial charge >= 0.3 is 0 Å². The molecule has 3 heteroatoms. The lowest BCUT2D eigenvalue weighted by molar-refractivity contribution is 0.669. The van der Waals surface area contributed by atoms with Crippen molar-refractivity contribution in [3.63, 3.8) is 0 Å². The zero-order valence-electron chi connectivity index (χ0n) is 29.6. The van der Waals surface area contributed by atoms with Crippen molar-refractivity contribution in [3.05, 3.63) is 182 Å². The van der Waals surface area contributed by atoms with Crippen LogP contribution in [0.25, 0.3) is 121 Å². The third-order valence-corrected chi connectivity index (χ3v) is 12.0. The van der Waals surface area contributed by atoms with Crippen LogP contribution in [0.4, 0.5) is 0 Å². The Labute approximate surface area is 315 Å². The summed E-state index contributed by atoms with van der Waals surface area (Å²) in [6.45, 7) is 0. The van der Waals surface area contributed by atoms with Gasteiger partial charge in [-0.1, -0.05) is 109 Å². The molecule has 0 N–H and O–H groups in total. The first-order valence-corrected chi connectivity index (χ1v) is 18.9. The quantitative estimate of drug-likeness (QED) is 0.180. The molecule has 55 heavy (non-hydrogen) atoms. The van der Waals surface area contributed by atoms with E-state index in [1.165, 1.54) is 87.8 Å². The maximum absolute atomic E-state index is 6.21. The van der Waals surface area contributed by atoms with Crippen LogP contribution in [-0.4, -0.2) is 9.13 Å². The zero-order chi connectivity index (χ0) is 35.8. The molecule has 0 spiro atoms. The highest BCUT2D eigenvalue weighted by Crippen LogP contribution is 2.51. The van der Waals surface area contributed by atoms with Crippen molar-refractivity contribution in [2.45, 2.75) is 0 Å². The fourth-order valence-electron chi connectivity index (χ4n) is 9.70. The van der Waals surface area contributed by atoms with E-state index in [2.05, 4.69) is 179 Å². The Balaban J connectivity index is 1.12. The minimum absolute atomic E-state index is 0.913. The van der Waals surface area contributed by atoms with Crippen molar-refractivity contribution < 1.29 is 4.42 Å². The Morgan fingerprint density at radius 3 is 1.80 bits per heavy atom. The third kappa shape index (κ3) is 3.89. The van der Waals surface area contributed by atoms with Gasteiger partial charge in [0.1, 0.15) is 11.2 Å². The molecule has 0 unspecified atom stereocenters. The van der Waals surface area contributed by atoms with E-state index in [0.29, 0.717) is 0 Å². The number of hydrogen-bond donors (Lipinski definition) is 0. The fraction of sp³-hybridized carbons (Fsp3) is 0. The molecule has 13 rings (SSSR count). The van der Waals surface area contributed by atoms with E-state index in [-0.39, 0.29) is 0 Å². The normalized spacial score (nSPS) is 12.4. The molecule has 0 amide bonds. The number of fused-ring (bicyclic) bond motifs is 13. The number of hydrogen-bond acceptors (Lipinski definition) is 1. The Kier molecular flexibility index (Phi) is 5.63. The minimum Gasteiger partial charge on any atom is -0.456 e. The first-order chi connectivity index (χ1) is 27.3. The molecule has 3 nitrogen and oxygen atoms in total. The SMILES string of the molecule is c1ccc(-n2c3ccccc3c3cc(-n4c5ccc(-c6ccc7oc8ccccc8c7c6)cc5c5c6cccc7c6c(cc54)-c4ccccc4-7)ccc32)cc1. The van der Waals surface area contributed by atoms with Gasteiger partial charge in [-0.15, -0.1) is 0 Å². The summed E-state index contributed by atoms with van der Waals surface area (Å²) in [5.41, 5.74) is 16.5. The predicted molar refractivity (Wildman–Crippen MR) is 230 cm³/mol. The largest absolute Gasteiger partial charge is 0.456 e. The number of aromatic nitrogens is 2. The maximum Gasteiger partial charge on any atom is 0.135 e. The summed E-state index contributed by atoms with van der Waals surface area (Å²) in [7, 11) is 0. The molecule has 1 aliphatic carbocycles. The molecule has 3 aromatic heterocycles. The Morgan fingerprint density at radius 2 is 0.909 bits per heavy atom. The highest BCUT2D eigenvalue weighted by atomic mass is 16.3. The van der Waals surface area contributed by atoms with Gasteiger partial charge in [-0.05, 0) is 117 Å². The van der Waals surface area contributed by atoms with Crippen molar-refractivity contribution in [2.24, 2.45) is 0 Å². The molecule has 9 aromatic carbocycles. The van der Waals surface area contributed by atoms with Gasteiger partial charge in [-0.25, -0.2) is 0 Å². The van der Waals surface area contributed by atoms with Crippen molar-refractivity contribution in [1.29, 1.82) is 0 Å². The second-order valence-corrected chi connectivity index (χ2v) is 14.9. The van der Waals surface area contributed by atoms with E-state index < -0.39 is 0 Å². The topological polar surface area (TPSA) is 23.0 Å². The first-order valence-electron chi connectivity index (χ1n) is 18.9. The monoisotopic (exact) mass is 698 g/mol. The van der Waals surface area contributed by atoms with Crippen LogP contribution in [0.1, 0.15) is 0 Å². The molecular weight excluding hydrogens is 669 g/mol. The predicted octanol–water partition coefficient (Wildman–Crippen LogP) is 14.2. The Hall–Kier alpha value is -7.36. The number of furan rings is 1. The minimum atomic E-state index is 0.913.